The van der Waals surface area contributed by atoms with E-state index in [9.17, 15) is 9.59 Å². The fourth-order valence-corrected chi connectivity index (χ4v) is 2.79. The molecule has 100 valence electrons. The van der Waals surface area contributed by atoms with Gasteiger partial charge >= 0.3 is 0 Å². The molecule has 2 rings (SSSR count). The van der Waals surface area contributed by atoms with E-state index in [2.05, 4.69) is 25.7 Å². The molecule has 0 aromatic carbocycles. The van der Waals surface area contributed by atoms with Gasteiger partial charge in [0.05, 0.1) is 18.4 Å². The van der Waals surface area contributed by atoms with Crippen LogP contribution in [-0.2, 0) is 9.59 Å². The van der Waals surface area contributed by atoms with E-state index < -0.39 is 0 Å². The van der Waals surface area contributed by atoms with Gasteiger partial charge in [0.2, 0.25) is 11.8 Å². The summed E-state index contributed by atoms with van der Waals surface area (Å²) >= 11 is 0. The quantitative estimate of drug-likeness (QED) is 0.589. The maximum absolute atomic E-state index is 12.1. The van der Waals surface area contributed by atoms with Crippen molar-refractivity contribution in [3.63, 3.8) is 0 Å². The summed E-state index contributed by atoms with van der Waals surface area (Å²) in [5.74, 6) is -0.201. The normalized spacial score (nSPS) is 28.8. The highest BCUT2D eigenvalue weighted by Gasteiger charge is 2.72. The lowest BCUT2D eigenvalue weighted by Gasteiger charge is -2.22. The lowest BCUT2D eigenvalue weighted by atomic mass is 10.1. The number of fused-ring (bicyclic) bond motifs is 1. The zero-order valence-electron chi connectivity index (χ0n) is 11.6. The van der Waals surface area contributed by atoms with E-state index in [0.29, 0.717) is 19.1 Å². The maximum atomic E-state index is 12.1. The Morgan fingerprint density at radius 1 is 1.33 bits per heavy atom. The van der Waals surface area contributed by atoms with Gasteiger partial charge in [-0.15, -0.1) is 0 Å². The molecule has 1 heterocycles. The minimum atomic E-state index is -0.123. The summed E-state index contributed by atoms with van der Waals surface area (Å²) < 4.78 is 0. The summed E-state index contributed by atoms with van der Waals surface area (Å²) in [6.45, 7) is 13.0. The van der Waals surface area contributed by atoms with Crippen LogP contribution in [0.15, 0.2) is 12.2 Å². The number of rotatable bonds is 5. The second-order valence-corrected chi connectivity index (χ2v) is 6.32. The number of likely N-dealkylation sites (tertiary alicyclic amines) is 1. The van der Waals surface area contributed by atoms with Gasteiger partial charge in [0.25, 0.3) is 0 Å². The molecule has 0 spiro atoms. The molecule has 0 bridgehead atoms. The Balaban J connectivity index is 1.91. The van der Waals surface area contributed by atoms with Gasteiger partial charge in [0.1, 0.15) is 0 Å². The number of amides is 2. The minimum Gasteiger partial charge on any atom is -0.311 e. The molecule has 2 fully saturated rings. The molecule has 0 radical (unpaired) electrons. The van der Waals surface area contributed by atoms with E-state index in [4.69, 9.17) is 0 Å². The van der Waals surface area contributed by atoms with Gasteiger partial charge in [-0.1, -0.05) is 34.3 Å². The first-order chi connectivity index (χ1) is 8.26. The molecule has 2 aliphatic rings. The molecule has 18 heavy (non-hydrogen) atoms. The summed E-state index contributed by atoms with van der Waals surface area (Å²) in [4.78, 5) is 25.6. The maximum Gasteiger partial charge on any atom is 0.233 e. The molecule has 2 atom stereocenters. The van der Waals surface area contributed by atoms with Crippen LogP contribution in [0.2, 0.25) is 0 Å². The van der Waals surface area contributed by atoms with Crippen LogP contribution in [0.3, 0.4) is 0 Å². The smallest absolute Gasteiger partial charge is 0.233 e. The first kappa shape index (κ1) is 13.3. The molecule has 2 unspecified atom stereocenters. The summed E-state index contributed by atoms with van der Waals surface area (Å²) in [5.41, 5.74) is 0.756. The van der Waals surface area contributed by atoms with Crippen molar-refractivity contribution < 1.29 is 9.59 Å². The van der Waals surface area contributed by atoms with Crippen LogP contribution < -0.4 is 5.32 Å². The number of hydrogen-bond donors (Lipinski definition) is 1. The van der Waals surface area contributed by atoms with E-state index in [0.717, 1.165) is 5.57 Å². The number of nitrogens with one attached hydrogen (secondary N) is 1. The second kappa shape index (κ2) is 4.19. The molecule has 1 saturated carbocycles. The molecule has 4 heteroatoms. The topological polar surface area (TPSA) is 49.4 Å². The Morgan fingerprint density at radius 2 is 1.83 bits per heavy atom. The molecule has 0 aromatic rings. The fraction of sp³-hybridized carbons (Fsp3) is 0.714. The van der Waals surface area contributed by atoms with Crippen molar-refractivity contribution in [1.29, 1.82) is 0 Å². The van der Waals surface area contributed by atoms with Crippen molar-refractivity contribution in [3.8, 4) is 0 Å². The number of nitrogens with zero attached hydrogens (tertiary/aromatic N) is 1. The van der Waals surface area contributed by atoms with Gasteiger partial charge in [0.15, 0.2) is 0 Å². The van der Waals surface area contributed by atoms with Gasteiger partial charge in [-0.2, -0.15) is 0 Å². The van der Waals surface area contributed by atoms with Crippen LogP contribution in [0.4, 0.5) is 0 Å². The van der Waals surface area contributed by atoms with Crippen LogP contribution >= 0.6 is 0 Å². The Hall–Kier alpha value is -1.16. The van der Waals surface area contributed by atoms with Gasteiger partial charge in [-0.25, -0.2) is 0 Å². The molecular weight excluding hydrogens is 228 g/mol. The van der Waals surface area contributed by atoms with Crippen LogP contribution in [0.25, 0.3) is 0 Å². The molecule has 0 aromatic heterocycles. The summed E-state index contributed by atoms with van der Waals surface area (Å²) in [6.07, 6.45) is 0. The van der Waals surface area contributed by atoms with Crippen LogP contribution in [0.5, 0.6) is 0 Å². The van der Waals surface area contributed by atoms with Crippen molar-refractivity contribution >= 4 is 11.8 Å². The van der Waals surface area contributed by atoms with Crippen LogP contribution in [0.1, 0.15) is 27.7 Å². The van der Waals surface area contributed by atoms with E-state index >= 15 is 0 Å². The number of carbonyl (C=O) groups excluding carboxylic acids is 2. The average Bonchev–Trinajstić information content (AvgIpc) is 2.73. The highest BCUT2D eigenvalue weighted by atomic mass is 16.2. The van der Waals surface area contributed by atoms with Crippen molar-refractivity contribution in [1.82, 2.24) is 10.2 Å². The molecule has 1 aliphatic carbocycles. The van der Waals surface area contributed by atoms with E-state index in [1.807, 2.05) is 13.8 Å². The highest BCUT2D eigenvalue weighted by Crippen LogP contribution is 2.63. The van der Waals surface area contributed by atoms with Crippen molar-refractivity contribution in [3.05, 3.63) is 12.2 Å². The summed E-state index contributed by atoms with van der Waals surface area (Å²) in [6, 6.07) is 0.374. The van der Waals surface area contributed by atoms with Gasteiger partial charge in [-0.05, 0) is 11.0 Å². The zero-order valence-corrected chi connectivity index (χ0v) is 11.6. The van der Waals surface area contributed by atoms with Crippen LogP contribution in [-0.4, -0.2) is 35.8 Å². The van der Waals surface area contributed by atoms with E-state index in [1.165, 1.54) is 4.90 Å². The summed E-state index contributed by atoms with van der Waals surface area (Å²) in [5, 5.41) is 3.24. The van der Waals surface area contributed by atoms with Crippen molar-refractivity contribution in [2.45, 2.75) is 33.7 Å². The standard InChI is InChI=1S/C14H22N2O2/c1-8(2)15-6-9(3)7-16-12(17)10-11(13(16)18)14(10,4)5/h8,10-11,15H,3,6-7H2,1-2,4-5H3. The predicted octanol–water partition coefficient (Wildman–Crippen LogP) is 1.18. The molecule has 4 nitrogen and oxygen atoms in total. The Kier molecular flexibility index (Phi) is 3.09. The first-order valence-electron chi connectivity index (χ1n) is 6.52. The lowest BCUT2D eigenvalue weighted by Crippen LogP contribution is -2.39. The number of piperidine rings is 1. The van der Waals surface area contributed by atoms with Gasteiger partial charge < -0.3 is 5.32 Å². The molecule has 2 amide bonds. The van der Waals surface area contributed by atoms with E-state index in [-0.39, 0.29) is 29.1 Å². The predicted molar refractivity (Wildman–Crippen MR) is 69.8 cm³/mol. The monoisotopic (exact) mass is 250 g/mol. The van der Waals surface area contributed by atoms with Crippen LogP contribution in [0, 0.1) is 17.3 Å². The Morgan fingerprint density at radius 3 is 2.28 bits per heavy atom. The number of carbonyl (C=O) groups is 2. The molecular formula is C14H22N2O2. The van der Waals surface area contributed by atoms with Crippen molar-refractivity contribution in [2.75, 3.05) is 13.1 Å². The third-order valence-electron chi connectivity index (χ3n) is 4.03. The van der Waals surface area contributed by atoms with Crippen molar-refractivity contribution in [2.24, 2.45) is 17.3 Å². The molecule has 1 N–H and O–H groups in total. The number of imide groups is 1. The Bertz CT molecular complexity index is 388. The van der Waals surface area contributed by atoms with Gasteiger partial charge in [0, 0.05) is 12.6 Å². The largest absolute Gasteiger partial charge is 0.311 e. The molecule has 1 saturated heterocycles. The zero-order chi connectivity index (χ0) is 13.7. The average molecular weight is 250 g/mol. The molecule has 1 aliphatic heterocycles. The van der Waals surface area contributed by atoms with E-state index in [1.54, 1.807) is 0 Å². The lowest BCUT2D eigenvalue weighted by molar-refractivity contribution is -0.142. The second-order valence-electron chi connectivity index (χ2n) is 6.32. The summed E-state index contributed by atoms with van der Waals surface area (Å²) in [7, 11) is 0. The van der Waals surface area contributed by atoms with Gasteiger partial charge in [-0.3, -0.25) is 14.5 Å². The third kappa shape index (κ3) is 1.99. The third-order valence-corrected chi connectivity index (χ3v) is 4.03. The highest BCUT2D eigenvalue weighted by molar-refractivity contribution is 6.10. The minimum absolute atomic E-state index is 0.0132. The number of hydrogen-bond acceptors (Lipinski definition) is 3. The Labute approximate surface area is 108 Å². The first-order valence-corrected chi connectivity index (χ1v) is 6.52. The SMILES string of the molecule is C=C(CNC(C)C)CN1C(=O)C2C(C1=O)C2(C)C. The fourth-order valence-electron chi connectivity index (χ4n) is 2.79.